The standard InChI is InChI=1S/C15H20N4O2/c1-15(2,3)19-5-4-12-11(13(19)20)10-16-14(17-12)18-6-8-21-9-7-18/h4-5,10H,6-9H2,1-3H3. The van der Waals surface area contributed by atoms with E-state index in [2.05, 4.69) is 14.9 Å². The maximum absolute atomic E-state index is 12.5. The molecule has 0 aromatic carbocycles. The summed E-state index contributed by atoms with van der Waals surface area (Å²) >= 11 is 0. The molecule has 1 saturated heterocycles. The highest BCUT2D eigenvalue weighted by Gasteiger charge is 2.18. The van der Waals surface area contributed by atoms with Gasteiger partial charge in [-0.2, -0.15) is 0 Å². The molecular weight excluding hydrogens is 268 g/mol. The van der Waals surface area contributed by atoms with E-state index in [-0.39, 0.29) is 11.1 Å². The number of hydrogen-bond acceptors (Lipinski definition) is 5. The van der Waals surface area contributed by atoms with E-state index in [1.165, 1.54) is 0 Å². The van der Waals surface area contributed by atoms with Crippen LogP contribution in [0.15, 0.2) is 23.3 Å². The molecule has 3 heterocycles. The molecule has 2 aromatic heterocycles. The Morgan fingerprint density at radius 1 is 1.24 bits per heavy atom. The molecule has 1 aliphatic rings. The summed E-state index contributed by atoms with van der Waals surface area (Å²) in [6, 6.07) is 1.88. The Bertz CT molecular complexity index is 712. The molecule has 0 amide bonds. The minimum Gasteiger partial charge on any atom is -0.378 e. The van der Waals surface area contributed by atoms with Gasteiger partial charge in [-0.05, 0) is 26.8 Å². The highest BCUT2D eigenvalue weighted by atomic mass is 16.5. The van der Waals surface area contributed by atoms with Crippen molar-refractivity contribution in [2.45, 2.75) is 26.3 Å². The fraction of sp³-hybridized carbons (Fsp3) is 0.533. The van der Waals surface area contributed by atoms with Gasteiger partial charge in [-0.1, -0.05) is 0 Å². The first-order valence-corrected chi connectivity index (χ1v) is 7.18. The predicted octanol–water partition coefficient (Wildman–Crippen LogP) is 1.38. The van der Waals surface area contributed by atoms with Gasteiger partial charge in [-0.15, -0.1) is 0 Å². The van der Waals surface area contributed by atoms with Crippen molar-refractivity contribution in [2.75, 3.05) is 31.2 Å². The third-order valence-electron chi connectivity index (χ3n) is 3.65. The van der Waals surface area contributed by atoms with Gasteiger partial charge in [0, 0.05) is 31.0 Å². The Kier molecular flexibility index (Phi) is 3.41. The van der Waals surface area contributed by atoms with Crippen LogP contribution in [0.2, 0.25) is 0 Å². The zero-order valence-electron chi connectivity index (χ0n) is 12.7. The summed E-state index contributed by atoms with van der Waals surface area (Å²) in [5.74, 6) is 0.665. The molecule has 0 saturated carbocycles. The van der Waals surface area contributed by atoms with E-state index in [4.69, 9.17) is 4.74 Å². The molecule has 0 radical (unpaired) electrons. The number of nitrogens with zero attached hydrogens (tertiary/aromatic N) is 4. The second-order valence-corrected chi connectivity index (χ2v) is 6.23. The van der Waals surface area contributed by atoms with Crippen molar-refractivity contribution >= 4 is 16.9 Å². The Balaban J connectivity index is 2.06. The molecule has 0 spiro atoms. The number of hydrogen-bond donors (Lipinski definition) is 0. The van der Waals surface area contributed by atoms with E-state index in [1.807, 2.05) is 26.8 Å². The topological polar surface area (TPSA) is 60.3 Å². The first-order valence-electron chi connectivity index (χ1n) is 7.18. The largest absolute Gasteiger partial charge is 0.378 e. The van der Waals surface area contributed by atoms with Gasteiger partial charge < -0.3 is 14.2 Å². The van der Waals surface area contributed by atoms with Crippen molar-refractivity contribution in [1.82, 2.24) is 14.5 Å². The van der Waals surface area contributed by atoms with Crippen LogP contribution in [0.1, 0.15) is 20.8 Å². The van der Waals surface area contributed by atoms with Crippen LogP contribution in [-0.2, 0) is 10.3 Å². The minimum absolute atomic E-state index is 0.0477. The van der Waals surface area contributed by atoms with Crippen LogP contribution in [-0.4, -0.2) is 40.8 Å². The molecule has 0 unspecified atom stereocenters. The van der Waals surface area contributed by atoms with Gasteiger partial charge in [0.2, 0.25) is 5.95 Å². The van der Waals surface area contributed by atoms with Gasteiger partial charge in [-0.3, -0.25) is 4.79 Å². The van der Waals surface area contributed by atoms with Gasteiger partial charge in [0.15, 0.2) is 0 Å². The van der Waals surface area contributed by atoms with Crippen molar-refractivity contribution < 1.29 is 4.74 Å². The molecule has 3 rings (SSSR count). The van der Waals surface area contributed by atoms with E-state index < -0.39 is 0 Å². The number of aromatic nitrogens is 3. The molecule has 0 bridgehead atoms. The van der Waals surface area contributed by atoms with Crippen molar-refractivity contribution in [1.29, 1.82) is 0 Å². The van der Waals surface area contributed by atoms with Gasteiger partial charge in [0.25, 0.3) is 5.56 Å². The van der Waals surface area contributed by atoms with E-state index in [9.17, 15) is 4.79 Å². The molecule has 0 atom stereocenters. The normalized spacial score (nSPS) is 16.4. The van der Waals surface area contributed by atoms with Gasteiger partial charge in [0.1, 0.15) is 0 Å². The fourth-order valence-electron chi connectivity index (χ4n) is 2.46. The van der Waals surface area contributed by atoms with Crippen molar-refractivity contribution in [3.63, 3.8) is 0 Å². The first-order chi connectivity index (χ1) is 9.97. The lowest BCUT2D eigenvalue weighted by atomic mass is 10.1. The lowest BCUT2D eigenvalue weighted by molar-refractivity contribution is 0.122. The number of fused-ring (bicyclic) bond motifs is 1. The predicted molar refractivity (Wildman–Crippen MR) is 81.8 cm³/mol. The number of rotatable bonds is 1. The van der Waals surface area contributed by atoms with Gasteiger partial charge >= 0.3 is 0 Å². The van der Waals surface area contributed by atoms with Crippen molar-refractivity contribution in [3.05, 3.63) is 28.8 Å². The zero-order valence-corrected chi connectivity index (χ0v) is 12.7. The minimum atomic E-state index is -0.256. The molecule has 6 heteroatoms. The summed E-state index contributed by atoms with van der Waals surface area (Å²) in [6.07, 6.45) is 3.44. The SMILES string of the molecule is CC(C)(C)n1ccc2nc(N3CCOCC3)ncc2c1=O. The smallest absolute Gasteiger partial charge is 0.262 e. The summed E-state index contributed by atoms with van der Waals surface area (Å²) in [5.41, 5.74) is 0.388. The van der Waals surface area contributed by atoms with Crippen LogP contribution in [0.4, 0.5) is 5.95 Å². The highest BCUT2D eigenvalue weighted by molar-refractivity contribution is 5.77. The van der Waals surface area contributed by atoms with Crippen LogP contribution in [0.5, 0.6) is 0 Å². The first kappa shape index (κ1) is 14.0. The average Bonchev–Trinajstić information content (AvgIpc) is 2.47. The average molecular weight is 288 g/mol. The van der Waals surface area contributed by atoms with Gasteiger partial charge in [-0.25, -0.2) is 9.97 Å². The fourth-order valence-corrected chi connectivity index (χ4v) is 2.46. The van der Waals surface area contributed by atoms with Crippen LogP contribution >= 0.6 is 0 Å². The number of morpholine rings is 1. The quantitative estimate of drug-likeness (QED) is 0.793. The zero-order chi connectivity index (χ0) is 15.0. The molecule has 1 fully saturated rings. The monoisotopic (exact) mass is 288 g/mol. The number of anilines is 1. The molecule has 21 heavy (non-hydrogen) atoms. The van der Waals surface area contributed by atoms with Crippen molar-refractivity contribution in [3.8, 4) is 0 Å². The van der Waals surface area contributed by atoms with Crippen LogP contribution in [0.3, 0.4) is 0 Å². The maximum Gasteiger partial charge on any atom is 0.262 e. The number of ether oxygens (including phenoxy) is 1. The van der Waals surface area contributed by atoms with Crippen LogP contribution in [0.25, 0.3) is 10.9 Å². The summed E-state index contributed by atoms with van der Waals surface area (Å²) < 4.78 is 7.05. The lowest BCUT2D eigenvalue weighted by Crippen LogP contribution is -2.37. The second kappa shape index (κ2) is 5.11. The Labute approximate surface area is 123 Å². The molecular formula is C15H20N4O2. The molecule has 0 aliphatic carbocycles. The van der Waals surface area contributed by atoms with Crippen LogP contribution in [0, 0.1) is 0 Å². The summed E-state index contributed by atoms with van der Waals surface area (Å²) in [7, 11) is 0. The highest BCUT2D eigenvalue weighted by Crippen LogP contribution is 2.16. The van der Waals surface area contributed by atoms with E-state index >= 15 is 0 Å². The lowest BCUT2D eigenvalue weighted by Gasteiger charge is -2.27. The molecule has 0 N–H and O–H groups in total. The third-order valence-corrected chi connectivity index (χ3v) is 3.65. The third kappa shape index (κ3) is 2.63. The van der Waals surface area contributed by atoms with Crippen molar-refractivity contribution in [2.24, 2.45) is 0 Å². The number of pyridine rings is 1. The van der Waals surface area contributed by atoms with E-state index in [1.54, 1.807) is 17.0 Å². The van der Waals surface area contributed by atoms with Gasteiger partial charge in [0.05, 0.1) is 24.1 Å². The van der Waals surface area contributed by atoms with E-state index in [0.29, 0.717) is 30.1 Å². The Morgan fingerprint density at radius 2 is 1.95 bits per heavy atom. The molecule has 112 valence electrons. The Hall–Kier alpha value is -1.95. The summed E-state index contributed by atoms with van der Waals surface area (Å²) in [4.78, 5) is 23.5. The maximum atomic E-state index is 12.5. The Morgan fingerprint density at radius 3 is 2.62 bits per heavy atom. The second-order valence-electron chi connectivity index (χ2n) is 6.23. The summed E-state index contributed by atoms with van der Waals surface area (Å²) in [6.45, 7) is 8.95. The summed E-state index contributed by atoms with van der Waals surface area (Å²) in [5, 5.41) is 0.560. The van der Waals surface area contributed by atoms with E-state index in [0.717, 1.165) is 13.1 Å². The molecule has 2 aromatic rings. The molecule has 6 nitrogen and oxygen atoms in total. The molecule has 1 aliphatic heterocycles. The van der Waals surface area contributed by atoms with Crippen LogP contribution < -0.4 is 10.5 Å².